The van der Waals surface area contributed by atoms with Crippen LogP contribution in [0.5, 0.6) is 0 Å². The molecule has 0 atom stereocenters. The third-order valence-electron chi connectivity index (χ3n) is 2.30. The largest absolute Gasteiger partial charge is 0.295 e. The molecule has 0 spiro atoms. The molecule has 0 fully saturated rings. The minimum Gasteiger partial charge on any atom is -0.295 e. The summed E-state index contributed by atoms with van der Waals surface area (Å²) in [4.78, 5) is 15.8. The molecule has 0 saturated heterocycles. The van der Waals surface area contributed by atoms with Gasteiger partial charge in [0.05, 0.1) is 4.90 Å². The molecule has 0 bridgehead atoms. The van der Waals surface area contributed by atoms with Crippen LogP contribution in [0.4, 0.5) is 4.39 Å². The Bertz CT molecular complexity index is 583. The number of carbonyl (C=O) groups excluding carboxylic acids is 1. The van der Waals surface area contributed by atoms with Gasteiger partial charge in [0.2, 0.25) is 0 Å². The van der Waals surface area contributed by atoms with Crippen LogP contribution < -0.4 is 0 Å². The van der Waals surface area contributed by atoms with E-state index in [1.165, 1.54) is 36.3 Å². The molecule has 94 valence electrons. The first kappa shape index (κ1) is 13.2. The Morgan fingerprint density at radius 1 is 1.50 bits per heavy atom. The van der Waals surface area contributed by atoms with Gasteiger partial charge in [-0.1, -0.05) is 24.8 Å². The number of rotatable bonds is 4. The molecule has 3 nitrogen and oxygen atoms in total. The van der Waals surface area contributed by atoms with Crippen LogP contribution in [0.3, 0.4) is 0 Å². The fourth-order valence-electron chi connectivity index (χ4n) is 1.32. The summed E-state index contributed by atoms with van der Waals surface area (Å²) in [5.41, 5.74) is 0.378. The zero-order chi connectivity index (χ0) is 13.1. The first-order valence-electron chi connectivity index (χ1n) is 5.41. The summed E-state index contributed by atoms with van der Waals surface area (Å²) in [6.45, 7) is 3.39. The summed E-state index contributed by atoms with van der Waals surface area (Å²) >= 11 is 2.49. The van der Waals surface area contributed by atoms with Crippen molar-refractivity contribution in [2.45, 2.75) is 29.5 Å². The van der Waals surface area contributed by atoms with Crippen LogP contribution in [-0.2, 0) is 6.42 Å². The Hall–Kier alpha value is -1.27. The number of nitrogens with zero attached hydrogens (tertiary/aromatic N) is 2. The number of ketones is 1. The molecular formula is C12H11FN2OS2. The van der Waals surface area contributed by atoms with E-state index in [1.54, 1.807) is 12.1 Å². The van der Waals surface area contributed by atoms with Gasteiger partial charge in [-0.3, -0.25) is 4.79 Å². The van der Waals surface area contributed by atoms with Gasteiger partial charge in [0.1, 0.15) is 11.6 Å². The standard InChI is InChI=1S/C12H11FN2OS2/c1-3-11-14-12(18-15-11)17-10-5-4-8(7(2)16)6-9(10)13/h4-6H,3H2,1-2H3. The van der Waals surface area contributed by atoms with Gasteiger partial charge in [-0.2, -0.15) is 4.37 Å². The molecule has 0 aliphatic rings. The van der Waals surface area contributed by atoms with Crippen molar-refractivity contribution in [2.75, 3.05) is 0 Å². The third kappa shape index (κ3) is 2.94. The number of halogens is 1. The lowest BCUT2D eigenvalue weighted by atomic mass is 10.1. The maximum Gasteiger partial charge on any atom is 0.174 e. The molecule has 0 unspecified atom stereocenters. The van der Waals surface area contributed by atoms with Crippen molar-refractivity contribution >= 4 is 29.1 Å². The van der Waals surface area contributed by atoms with Crippen LogP contribution in [0.1, 0.15) is 30.0 Å². The van der Waals surface area contributed by atoms with Crippen LogP contribution in [0.25, 0.3) is 0 Å². The Kier molecular flexibility index (Phi) is 4.08. The van der Waals surface area contributed by atoms with E-state index in [0.29, 0.717) is 14.8 Å². The number of aromatic nitrogens is 2. The average Bonchev–Trinajstić information content (AvgIpc) is 2.79. The van der Waals surface area contributed by atoms with Crippen molar-refractivity contribution in [3.63, 3.8) is 0 Å². The SMILES string of the molecule is CCc1nsc(Sc2ccc(C(C)=O)cc2F)n1. The molecule has 1 aromatic carbocycles. The van der Waals surface area contributed by atoms with Gasteiger partial charge in [0, 0.05) is 12.0 Å². The van der Waals surface area contributed by atoms with E-state index in [1.807, 2.05) is 6.92 Å². The van der Waals surface area contributed by atoms with Crippen molar-refractivity contribution in [1.29, 1.82) is 0 Å². The van der Waals surface area contributed by atoms with Crippen molar-refractivity contribution in [3.05, 3.63) is 35.4 Å². The van der Waals surface area contributed by atoms with Crippen LogP contribution in [0.15, 0.2) is 27.4 Å². The molecule has 0 radical (unpaired) electrons. The quantitative estimate of drug-likeness (QED) is 0.804. The van der Waals surface area contributed by atoms with E-state index in [9.17, 15) is 9.18 Å². The number of aryl methyl sites for hydroxylation is 1. The van der Waals surface area contributed by atoms with Crippen LogP contribution in [-0.4, -0.2) is 15.1 Å². The maximum atomic E-state index is 13.8. The zero-order valence-electron chi connectivity index (χ0n) is 9.94. The predicted molar refractivity (Wildman–Crippen MR) is 69.8 cm³/mol. The molecule has 0 aliphatic heterocycles. The number of carbonyl (C=O) groups is 1. The third-order valence-corrected chi connectivity index (χ3v) is 4.14. The summed E-state index contributed by atoms with van der Waals surface area (Å²) in [5, 5.41) is 0. The molecule has 1 heterocycles. The summed E-state index contributed by atoms with van der Waals surface area (Å²) in [6, 6.07) is 4.48. The highest BCUT2D eigenvalue weighted by atomic mass is 32.2. The van der Waals surface area contributed by atoms with Crippen LogP contribution in [0.2, 0.25) is 0 Å². The highest BCUT2D eigenvalue weighted by Gasteiger charge is 2.10. The number of Topliss-reactive ketones (excluding diaryl/α,β-unsaturated/α-hetero) is 1. The molecule has 1 aromatic heterocycles. The first-order chi connectivity index (χ1) is 8.60. The minimum atomic E-state index is -0.402. The van der Waals surface area contributed by atoms with Gasteiger partial charge in [0.15, 0.2) is 10.1 Å². The molecule has 0 N–H and O–H groups in total. The Morgan fingerprint density at radius 3 is 2.83 bits per heavy atom. The molecule has 2 rings (SSSR count). The number of hydrogen-bond donors (Lipinski definition) is 0. The maximum absolute atomic E-state index is 13.8. The Labute approximate surface area is 113 Å². The van der Waals surface area contributed by atoms with Gasteiger partial charge >= 0.3 is 0 Å². The second-order valence-electron chi connectivity index (χ2n) is 3.63. The lowest BCUT2D eigenvalue weighted by molar-refractivity contribution is 0.101. The fourth-order valence-corrected chi connectivity index (χ4v) is 2.98. The van der Waals surface area contributed by atoms with E-state index >= 15 is 0 Å². The lowest BCUT2D eigenvalue weighted by Crippen LogP contribution is -1.93. The predicted octanol–water partition coefficient (Wildman–Crippen LogP) is 3.59. The molecule has 2 aromatic rings. The second kappa shape index (κ2) is 5.58. The molecule has 18 heavy (non-hydrogen) atoms. The number of hydrogen-bond acceptors (Lipinski definition) is 5. The van der Waals surface area contributed by atoms with E-state index in [2.05, 4.69) is 9.36 Å². The van der Waals surface area contributed by atoms with Crippen LogP contribution >= 0.6 is 23.3 Å². The van der Waals surface area contributed by atoms with Gasteiger partial charge in [-0.25, -0.2) is 9.37 Å². The first-order valence-corrected chi connectivity index (χ1v) is 7.00. The van der Waals surface area contributed by atoms with Crippen molar-refractivity contribution in [1.82, 2.24) is 9.36 Å². The summed E-state index contributed by atoms with van der Waals surface area (Å²) in [5.74, 6) is 0.221. The van der Waals surface area contributed by atoms with E-state index in [0.717, 1.165) is 12.2 Å². The molecule has 0 amide bonds. The highest BCUT2D eigenvalue weighted by Crippen LogP contribution is 2.31. The van der Waals surface area contributed by atoms with E-state index < -0.39 is 5.82 Å². The van der Waals surface area contributed by atoms with E-state index in [4.69, 9.17) is 0 Å². The average molecular weight is 282 g/mol. The number of benzene rings is 1. The molecule has 6 heteroatoms. The minimum absolute atomic E-state index is 0.144. The summed E-state index contributed by atoms with van der Waals surface area (Å²) in [6.07, 6.45) is 0.767. The van der Waals surface area contributed by atoms with Gasteiger partial charge in [-0.15, -0.1) is 0 Å². The normalized spacial score (nSPS) is 10.6. The highest BCUT2D eigenvalue weighted by molar-refractivity contribution is 8.01. The van der Waals surface area contributed by atoms with E-state index in [-0.39, 0.29) is 5.78 Å². The Balaban J connectivity index is 2.21. The van der Waals surface area contributed by atoms with Gasteiger partial charge in [0.25, 0.3) is 0 Å². The smallest absolute Gasteiger partial charge is 0.174 e. The second-order valence-corrected chi connectivity index (χ2v) is 5.67. The summed E-state index contributed by atoms with van der Waals surface area (Å²) < 4.78 is 18.6. The molecular weight excluding hydrogens is 271 g/mol. The Morgan fingerprint density at radius 2 is 2.28 bits per heavy atom. The van der Waals surface area contributed by atoms with Crippen molar-refractivity contribution < 1.29 is 9.18 Å². The van der Waals surface area contributed by atoms with Gasteiger partial charge in [-0.05, 0) is 30.6 Å². The fraction of sp³-hybridized carbons (Fsp3) is 0.250. The van der Waals surface area contributed by atoms with Crippen molar-refractivity contribution in [2.24, 2.45) is 0 Å². The lowest BCUT2D eigenvalue weighted by Gasteiger charge is -2.01. The topological polar surface area (TPSA) is 42.9 Å². The molecule has 0 aliphatic carbocycles. The monoisotopic (exact) mass is 282 g/mol. The zero-order valence-corrected chi connectivity index (χ0v) is 11.6. The molecule has 0 saturated carbocycles. The summed E-state index contributed by atoms with van der Waals surface area (Å²) in [7, 11) is 0. The van der Waals surface area contributed by atoms with Gasteiger partial charge < -0.3 is 0 Å². The van der Waals surface area contributed by atoms with Crippen LogP contribution in [0, 0.1) is 5.82 Å². The van der Waals surface area contributed by atoms with Crippen molar-refractivity contribution in [3.8, 4) is 0 Å².